The summed E-state index contributed by atoms with van der Waals surface area (Å²) in [5, 5.41) is 3.02. The second kappa shape index (κ2) is 6.27. The maximum Gasteiger partial charge on any atom is 0.220 e. The summed E-state index contributed by atoms with van der Waals surface area (Å²) in [7, 11) is 0. The molecule has 1 amide bonds. The zero-order chi connectivity index (χ0) is 16.5. The van der Waals surface area contributed by atoms with E-state index in [9.17, 15) is 4.79 Å². The fourth-order valence-electron chi connectivity index (χ4n) is 3.17. The molecular formula is C20H22N2O2. The van der Waals surface area contributed by atoms with E-state index in [4.69, 9.17) is 4.74 Å². The summed E-state index contributed by atoms with van der Waals surface area (Å²) >= 11 is 0. The number of nitrogens with zero attached hydrogens (tertiary/aromatic N) is 1. The van der Waals surface area contributed by atoms with Gasteiger partial charge >= 0.3 is 0 Å². The van der Waals surface area contributed by atoms with E-state index < -0.39 is 0 Å². The van der Waals surface area contributed by atoms with Gasteiger partial charge < -0.3 is 10.1 Å². The molecule has 1 fully saturated rings. The first-order chi connectivity index (χ1) is 11.7. The Morgan fingerprint density at radius 3 is 2.92 bits per heavy atom. The van der Waals surface area contributed by atoms with Crippen LogP contribution in [0.3, 0.4) is 0 Å². The minimum Gasteiger partial charge on any atom is -0.487 e. The van der Waals surface area contributed by atoms with Crippen molar-refractivity contribution in [3.8, 4) is 17.0 Å². The van der Waals surface area contributed by atoms with E-state index in [1.54, 1.807) is 0 Å². The fraction of sp³-hybridized carbons (Fsp3) is 0.400. The van der Waals surface area contributed by atoms with E-state index >= 15 is 0 Å². The van der Waals surface area contributed by atoms with Gasteiger partial charge in [-0.15, -0.1) is 0 Å². The third-order valence-electron chi connectivity index (χ3n) is 4.71. The Hall–Kier alpha value is -2.36. The molecule has 0 saturated heterocycles. The number of fused-ring (bicyclic) bond motifs is 1. The van der Waals surface area contributed by atoms with Crippen molar-refractivity contribution in [1.29, 1.82) is 0 Å². The molecule has 2 aromatic rings. The molecule has 2 aliphatic rings. The Morgan fingerprint density at radius 1 is 1.29 bits per heavy atom. The van der Waals surface area contributed by atoms with Gasteiger partial charge in [0.25, 0.3) is 0 Å². The monoisotopic (exact) mass is 322 g/mol. The number of benzene rings is 1. The number of ether oxygens (including phenoxy) is 1. The van der Waals surface area contributed by atoms with E-state index in [0.29, 0.717) is 18.9 Å². The van der Waals surface area contributed by atoms with Gasteiger partial charge in [0.05, 0.1) is 12.2 Å². The van der Waals surface area contributed by atoms with Gasteiger partial charge in [0.2, 0.25) is 5.91 Å². The van der Waals surface area contributed by atoms with Crippen molar-refractivity contribution >= 4 is 5.91 Å². The quantitative estimate of drug-likeness (QED) is 0.919. The maximum absolute atomic E-state index is 11.9. The van der Waals surface area contributed by atoms with Crippen LogP contribution < -0.4 is 10.1 Å². The van der Waals surface area contributed by atoms with Crippen LogP contribution in [0.4, 0.5) is 0 Å². The summed E-state index contributed by atoms with van der Waals surface area (Å²) in [5.41, 5.74) is 4.29. The van der Waals surface area contributed by atoms with Crippen LogP contribution in [-0.4, -0.2) is 23.5 Å². The molecule has 4 heteroatoms. The SMILES string of the molecule is Cc1ccc(-c2cccc3c2O[C@H](CNC(=O)CC2CC2)C3)nc1. The Kier molecular flexibility index (Phi) is 3.97. The molecule has 1 saturated carbocycles. The molecule has 1 aliphatic carbocycles. The van der Waals surface area contributed by atoms with E-state index in [-0.39, 0.29) is 12.0 Å². The lowest BCUT2D eigenvalue weighted by atomic mass is 10.0. The van der Waals surface area contributed by atoms with Gasteiger partial charge in [0, 0.05) is 24.6 Å². The van der Waals surface area contributed by atoms with Crippen LogP contribution >= 0.6 is 0 Å². The molecule has 0 bridgehead atoms. The van der Waals surface area contributed by atoms with Crippen LogP contribution in [0.2, 0.25) is 0 Å². The minimum absolute atomic E-state index is 0.00903. The first kappa shape index (κ1) is 15.2. The number of rotatable bonds is 5. The molecule has 0 radical (unpaired) electrons. The van der Waals surface area contributed by atoms with Gasteiger partial charge in [-0.25, -0.2) is 0 Å². The highest BCUT2D eigenvalue weighted by atomic mass is 16.5. The van der Waals surface area contributed by atoms with Crippen molar-refractivity contribution in [2.24, 2.45) is 5.92 Å². The molecule has 0 spiro atoms. The molecule has 1 aromatic heterocycles. The number of aromatic nitrogens is 1. The predicted molar refractivity (Wildman–Crippen MR) is 92.9 cm³/mol. The molecule has 1 aromatic carbocycles. The number of aryl methyl sites for hydroxylation is 1. The molecule has 124 valence electrons. The highest BCUT2D eigenvalue weighted by Gasteiger charge is 2.28. The number of para-hydroxylation sites is 1. The summed E-state index contributed by atoms with van der Waals surface area (Å²) in [6.07, 6.45) is 5.78. The van der Waals surface area contributed by atoms with Crippen LogP contribution in [0.25, 0.3) is 11.3 Å². The van der Waals surface area contributed by atoms with Gasteiger partial charge in [0.1, 0.15) is 11.9 Å². The summed E-state index contributed by atoms with van der Waals surface area (Å²) in [5.74, 6) is 1.68. The molecule has 1 atom stereocenters. The van der Waals surface area contributed by atoms with Gasteiger partial charge in [-0.2, -0.15) is 0 Å². The Balaban J connectivity index is 1.44. The summed E-state index contributed by atoms with van der Waals surface area (Å²) < 4.78 is 6.14. The average Bonchev–Trinajstić information content (AvgIpc) is 3.29. The standard InChI is InChI=1S/C20H22N2O2/c1-13-5-8-18(21-11-13)17-4-2-3-15-10-16(24-20(15)17)12-22-19(23)9-14-6-7-14/h2-5,8,11,14,16H,6-7,9-10,12H2,1H3,(H,22,23)/t16-/m0/s1. The topological polar surface area (TPSA) is 51.2 Å². The minimum atomic E-state index is 0.00903. The van der Waals surface area contributed by atoms with Gasteiger partial charge in [-0.05, 0) is 48.9 Å². The zero-order valence-corrected chi connectivity index (χ0v) is 13.9. The second-order valence-electron chi connectivity index (χ2n) is 6.91. The summed E-state index contributed by atoms with van der Waals surface area (Å²) in [6, 6.07) is 10.3. The van der Waals surface area contributed by atoms with E-state index in [2.05, 4.69) is 22.4 Å². The lowest BCUT2D eigenvalue weighted by Crippen LogP contribution is -2.34. The van der Waals surface area contributed by atoms with Crippen molar-refractivity contribution in [2.45, 2.75) is 38.7 Å². The van der Waals surface area contributed by atoms with Crippen LogP contribution in [0, 0.1) is 12.8 Å². The molecule has 0 unspecified atom stereocenters. The van der Waals surface area contributed by atoms with Crippen LogP contribution in [0.5, 0.6) is 5.75 Å². The molecule has 24 heavy (non-hydrogen) atoms. The van der Waals surface area contributed by atoms with E-state index in [1.807, 2.05) is 31.3 Å². The van der Waals surface area contributed by atoms with Gasteiger partial charge in [0.15, 0.2) is 0 Å². The van der Waals surface area contributed by atoms with Crippen molar-refractivity contribution in [3.63, 3.8) is 0 Å². The molecule has 4 nitrogen and oxygen atoms in total. The number of amides is 1. The second-order valence-corrected chi connectivity index (χ2v) is 6.91. The van der Waals surface area contributed by atoms with Gasteiger partial charge in [-0.3, -0.25) is 9.78 Å². The molecule has 2 heterocycles. The number of pyridine rings is 1. The van der Waals surface area contributed by atoms with Crippen LogP contribution in [-0.2, 0) is 11.2 Å². The smallest absolute Gasteiger partial charge is 0.220 e. The number of nitrogens with one attached hydrogen (secondary N) is 1. The number of carbonyl (C=O) groups is 1. The Labute approximate surface area is 142 Å². The van der Waals surface area contributed by atoms with Crippen LogP contribution in [0.1, 0.15) is 30.4 Å². The third-order valence-corrected chi connectivity index (χ3v) is 4.71. The number of hydrogen-bond donors (Lipinski definition) is 1. The number of hydrogen-bond acceptors (Lipinski definition) is 3. The highest BCUT2D eigenvalue weighted by Crippen LogP contribution is 2.38. The lowest BCUT2D eigenvalue weighted by molar-refractivity contribution is -0.121. The Bertz CT molecular complexity index is 751. The van der Waals surface area contributed by atoms with Gasteiger partial charge in [-0.1, -0.05) is 18.2 Å². The zero-order valence-electron chi connectivity index (χ0n) is 13.9. The normalized spacial score (nSPS) is 18.8. The Morgan fingerprint density at radius 2 is 2.17 bits per heavy atom. The first-order valence-corrected chi connectivity index (χ1v) is 8.67. The average molecular weight is 322 g/mol. The highest BCUT2D eigenvalue weighted by molar-refractivity contribution is 5.76. The lowest BCUT2D eigenvalue weighted by Gasteiger charge is -2.13. The predicted octanol–water partition coefficient (Wildman–Crippen LogP) is 3.28. The molecule has 4 rings (SSSR count). The number of carbonyl (C=O) groups excluding carboxylic acids is 1. The summed E-state index contributed by atoms with van der Waals surface area (Å²) in [4.78, 5) is 16.4. The van der Waals surface area contributed by atoms with Crippen molar-refractivity contribution in [3.05, 3.63) is 47.7 Å². The maximum atomic E-state index is 11.9. The largest absolute Gasteiger partial charge is 0.487 e. The third kappa shape index (κ3) is 3.28. The van der Waals surface area contributed by atoms with Crippen molar-refractivity contribution in [1.82, 2.24) is 10.3 Å². The first-order valence-electron chi connectivity index (χ1n) is 8.67. The van der Waals surface area contributed by atoms with E-state index in [0.717, 1.165) is 29.0 Å². The summed E-state index contributed by atoms with van der Waals surface area (Å²) in [6.45, 7) is 2.60. The fourth-order valence-corrected chi connectivity index (χ4v) is 3.17. The van der Waals surface area contributed by atoms with Crippen molar-refractivity contribution < 1.29 is 9.53 Å². The molecule has 1 aliphatic heterocycles. The molecular weight excluding hydrogens is 300 g/mol. The van der Waals surface area contributed by atoms with Crippen LogP contribution in [0.15, 0.2) is 36.5 Å². The van der Waals surface area contributed by atoms with E-state index in [1.165, 1.54) is 18.4 Å². The van der Waals surface area contributed by atoms with Crippen molar-refractivity contribution in [2.75, 3.05) is 6.54 Å². The molecule has 1 N–H and O–H groups in total.